The molecule has 0 spiro atoms. The van der Waals surface area contributed by atoms with E-state index in [-0.39, 0.29) is 5.91 Å². The van der Waals surface area contributed by atoms with Gasteiger partial charge in [-0.25, -0.2) is 4.98 Å². The van der Waals surface area contributed by atoms with Crippen LogP contribution in [0, 0.1) is 13.8 Å². The third-order valence-corrected chi connectivity index (χ3v) is 2.85. The quantitative estimate of drug-likeness (QED) is 0.839. The van der Waals surface area contributed by atoms with Crippen molar-refractivity contribution in [3.63, 3.8) is 0 Å². The van der Waals surface area contributed by atoms with Crippen molar-refractivity contribution in [2.75, 3.05) is 5.32 Å². The number of nitrogens with zero attached hydrogens (tertiary/aromatic N) is 1. The van der Waals surface area contributed by atoms with Crippen molar-refractivity contribution in [2.24, 2.45) is 0 Å². The van der Waals surface area contributed by atoms with Crippen molar-refractivity contribution in [2.45, 2.75) is 13.8 Å². The molecule has 0 radical (unpaired) electrons. The summed E-state index contributed by atoms with van der Waals surface area (Å²) in [7, 11) is 0. The Morgan fingerprint density at radius 2 is 2.00 bits per heavy atom. The van der Waals surface area contributed by atoms with Gasteiger partial charge in [-0.1, -0.05) is 23.7 Å². The van der Waals surface area contributed by atoms with Crippen LogP contribution in [0.4, 0.5) is 5.69 Å². The van der Waals surface area contributed by atoms with E-state index in [9.17, 15) is 4.79 Å². The molecule has 0 atom stereocenters. The predicted octanol–water partition coefficient (Wildman–Crippen LogP) is 3.60. The Kier molecular flexibility index (Phi) is 3.63. The number of nitrogens with one attached hydrogen (secondary N) is 1. The van der Waals surface area contributed by atoms with Gasteiger partial charge in [0.15, 0.2) is 0 Å². The van der Waals surface area contributed by atoms with Crippen LogP contribution in [0.2, 0.25) is 5.15 Å². The Bertz CT molecular complexity index is 579. The summed E-state index contributed by atoms with van der Waals surface area (Å²) in [5, 5.41) is 3.24. The molecule has 0 unspecified atom stereocenters. The largest absolute Gasteiger partial charge is 0.322 e. The molecule has 2 rings (SSSR count). The summed E-state index contributed by atoms with van der Waals surface area (Å²) in [6, 6.07) is 9.17. The summed E-state index contributed by atoms with van der Waals surface area (Å²) in [6.07, 6.45) is 1.46. The Morgan fingerprint density at radius 3 is 2.67 bits per heavy atom. The van der Waals surface area contributed by atoms with Crippen molar-refractivity contribution >= 4 is 23.2 Å². The van der Waals surface area contributed by atoms with Crippen LogP contribution >= 0.6 is 11.6 Å². The van der Waals surface area contributed by atoms with Crippen molar-refractivity contribution in [3.8, 4) is 0 Å². The first kappa shape index (κ1) is 12.6. The molecule has 4 heteroatoms. The van der Waals surface area contributed by atoms with Crippen LogP contribution in [0.1, 0.15) is 21.5 Å². The van der Waals surface area contributed by atoms with E-state index in [0.29, 0.717) is 10.7 Å². The summed E-state index contributed by atoms with van der Waals surface area (Å²) in [5.74, 6) is -0.187. The molecule has 1 heterocycles. The topological polar surface area (TPSA) is 42.0 Å². The molecule has 0 aliphatic heterocycles. The van der Waals surface area contributed by atoms with Gasteiger partial charge in [0.05, 0.1) is 5.56 Å². The zero-order valence-corrected chi connectivity index (χ0v) is 11.0. The zero-order valence-electron chi connectivity index (χ0n) is 10.2. The van der Waals surface area contributed by atoms with E-state index < -0.39 is 0 Å². The molecule has 1 aromatic carbocycles. The lowest BCUT2D eigenvalue weighted by Gasteiger charge is -2.09. The van der Waals surface area contributed by atoms with Gasteiger partial charge in [-0.2, -0.15) is 0 Å². The van der Waals surface area contributed by atoms with Gasteiger partial charge in [-0.3, -0.25) is 4.79 Å². The molecule has 0 saturated heterocycles. The van der Waals surface area contributed by atoms with Crippen LogP contribution in [-0.4, -0.2) is 10.9 Å². The highest BCUT2D eigenvalue weighted by molar-refractivity contribution is 6.29. The number of halogens is 1. The number of benzene rings is 1. The van der Waals surface area contributed by atoms with Gasteiger partial charge < -0.3 is 5.32 Å². The summed E-state index contributed by atoms with van der Waals surface area (Å²) in [6.45, 7) is 3.94. The number of anilines is 1. The molecule has 0 aliphatic carbocycles. The average Bonchev–Trinajstić information content (AvgIpc) is 2.34. The third-order valence-electron chi connectivity index (χ3n) is 2.63. The number of pyridine rings is 1. The van der Waals surface area contributed by atoms with Gasteiger partial charge in [-0.15, -0.1) is 0 Å². The van der Waals surface area contributed by atoms with Crippen LogP contribution in [0.25, 0.3) is 0 Å². The number of amides is 1. The number of aryl methyl sites for hydroxylation is 2. The van der Waals surface area contributed by atoms with Gasteiger partial charge in [0.2, 0.25) is 0 Å². The minimum absolute atomic E-state index is 0.187. The van der Waals surface area contributed by atoms with Gasteiger partial charge >= 0.3 is 0 Å². The van der Waals surface area contributed by atoms with Crippen LogP contribution < -0.4 is 5.32 Å². The van der Waals surface area contributed by atoms with Gasteiger partial charge in [0.1, 0.15) is 5.15 Å². The first-order valence-corrected chi connectivity index (χ1v) is 5.94. The maximum absolute atomic E-state index is 12.0. The van der Waals surface area contributed by atoms with E-state index in [2.05, 4.69) is 10.3 Å². The van der Waals surface area contributed by atoms with Crippen molar-refractivity contribution in [1.82, 2.24) is 4.98 Å². The van der Waals surface area contributed by atoms with Gasteiger partial charge in [0, 0.05) is 11.9 Å². The van der Waals surface area contributed by atoms with E-state index >= 15 is 0 Å². The molecule has 3 nitrogen and oxygen atoms in total. The Morgan fingerprint density at radius 1 is 1.22 bits per heavy atom. The Hall–Kier alpha value is -1.87. The monoisotopic (exact) mass is 260 g/mol. The number of carbonyl (C=O) groups is 1. The highest BCUT2D eigenvalue weighted by Gasteiger charge is 2.08. The lowest BCUT2D eigenvalue weighted by Crippen LogP contribution is -2.13. The standard InChI is InChI=1S/C14H13ClN2O/c1-9-3-4-10(2)12(7-9)17-14(18)11-5-6-13(15)16-8-11/h3-8H,1-2H3,(H,17,18). The first-order chi connectivity index (χ1) is 8.56. The molecule has 1 aromatic heterocycles. The predicted molar refractivity (Wildman–Crippen MR) is 73.1 cm³/mol. The highest BCUT2D eigenvalue weighted by atomic mass is 35.5. The van der Waals surface area contributed by atoms with Crippen molar-refractivity contribution in [3.05, 3.63) is 58.4 Å². The molecular weight excluding hydrogens is 248 g/mol. The van der Waals surface area contributed by atoms with Gasteiger partial charge in [0.25, 0.3) is 5.91 Å². The van der Waals surface area contributed by atoms with E-state index in [0.717, 1.165) is 16.8 Å². The van der Waals surface area contributed by atoms with Gasteiger partial charge in [-0.05, 0) is 43.2 Å². The number of hydrogen-bond donors (Lipinski definition) is 1. The minimum Gasteiger partial charge on any atom is -0.322 e. The maximum atomic E-state index is 12.0. The Balaban J connectivity index is 2.21. The molecule has 0 bridgehead atoms. The summed E-state index contributed by atoms with van der Waals surface area (Å²) >= 11 is 5.68. The summed E-state index contributed by atoms with van der Waals surface area (Å²) < 4.78 is 0. The van der Waals surface area contributed by atoms with E-state index in [1.165, 1.54) is 6.20 Å². The molecule has 0 saturated carbocycles. The van der Waals surface area contributed by atoms with Crippen LogP contribution in [0.5, 0.6) is 0 Å². The molecule has 2 aromatic rings. The molecule has 1 amide bonds. The molecule has 1 N–H and O–H groups in total. The van der Waals surface area contributed by atoms with Crippen LogP contribution in [-0.2, 0) is 0 Å². The third kappa shape index (κ3) is 2.87. The summed E-state index contributed by atoms with van der Waals surface area (Å²) in [5.41, 5.74) is 3.43. The zero-order chi connectivity index (χ0) is 13.1. The number of hydrogen-bond acceptors (Lipinski definition) is 2. The minimum atomic E-state index is -0.187. The highest BCUT2D eigenvalue weighted by Crippen LogP contribution is 2.17. The lowest BCUT2D eigenvalue weighted by molar-refractivity contribution is 0.102. The van der Waals surface area contributed by atoms with E-state index in [1.807, 2.05) is 32.0 Å². The number of aromatic nitrogens is 1. The molecule has 0 fully saturated rings. The van der Waals surface area contributed by atoms with E-state index in [4.69, 9.17) is 11.6 Å². The van der Waals surface area contributed by atoms with Crippen LogP contribution in [0.3, 0.4) is 0 Å². The van der Waals surface area contributed by atoms with Crippen molar-refractivity contribution < 1.29 is 4.79 Å². The van der Waals surface area contributed by atoms with E-state index in [1.54, 1.807) is 12.1 Å². The SMILES string of the molecule is Cc1ccc(C)c(NC(=O)c2ccc(Cl)nc2)c1. The van der Waals surface area contributed by atoms with Crippen LogP contribution in [0.15, 0.2) is 36.5 Å². The second-order valence-corrected chi connectivity index (χ2v) is 4.53. The number of carbonyl (C=O) groups excluding carboxylic acids is 1. The fourth-order valence-corrected chi connectivity index (χ4v) is 1.69. The molecule has 18 heavy (non-hydrogen) atoms. The molecule has 92 valence electrons. The average molecular weight is 261 g/mol. The number of rotatable bonds is 2. The first-order valence-electron chi connectivity index (χ1n) is 5.56. The maximum Gasteiger partial charge on any atom is 0.257 e. The Labute approximate surface area is 111 Å². The lowest BCUT2D eigenvalue weighted by atomic mass is 10.1. The normalized spacial score (nSPS) is 10.2. The fourth-order valence-electron chi connectivity index (χ4n) is 1.58. The molecule has 0 aliphatic rings. The van der Waals surface area contributed by atoms with Crippen molar-refractivity contribution in [1.29, 1.82) is 0 Å². The molecular formula is C14H13ClN2O. The smallest absolute Gasteiger partial charge is 0.257 e. The second-order valence-electron chi connectivity index (χ2n) is 4.14. The second kappa shape index (κ2) is 5.19. The fraction of sp³-hybridized carbons (Fsp3) is 0.143. The summed E-state index contributed by atoms with van der Waals surface area (Å²) in [4.78, 5) is 15.9.